The van der Waals surface area contributed by atoms with Gasteiger partial charge in [-0.15, -0.1) is 0 Å². The van der Waals surface area contributed by atoms with E-state index in [1.165, 1.54) is 43.3 Å². The van der Waals surface area contributed by atoms with Gasteiger partial charge in [-0.05, 0) is 49.8 Å². The second-order valence-electron chi connectivity index (χ2n) is 6.74. The predicted octanol–water partition coefficient (Wildman–Crippen LogP) is 2.95. The van der Waals surface area contributed by atoms with Crippen molar-refractivity contribution in [2.45, 2.75) is 38.8 Å². The summed E-state index contributed by atoms with van der Waals surface area (Å²) in [6.07, 6.45) is 6.26. The lowest BCUT2D eigenvalue weighted by atomic mass is 9.66. The quantitative estimate of drug-likeness (QED) is 0.939. The van der Waals surface area contributed by atoms with E-state index in [1.54, 1.807) is 0 Å². The number of aromatic nitrogens is 2. The highest BCUT2D eigenvalue weighted by atomic mass is 16.5. The summed E-state index contributed by atoms with van der Waals surface area (Å²) >= 11 is 0. The summed E-state index contributed by atoms with van der Waals surface area (Å²) in [5.74, 6) is 0. The molecule has 0 amide bonds. The Morgan fingerprint density at radius 1 is 1.43 bits per heavy atom. The predicted molar refractivity (Wildman–Crippen MR) is 83.1 cm³/mol. The zero-order valence-corrected chi connectivity index (χ0v) is 12.6. The number of benzene rings is 1. The molecule has 21 heavy (non-hydrogen) atoms. The summed E-state index contributed by atoms with van der Waals surface area (Å²) < 4.78 is 5.73. The fourth-order valence-electron chi connectivity index (χ4n) is 4.10. The van der Waals surface area contributed by atoms with Crippen LogP contribution in [0.25, 0.3) is 10.9 Å². The van der Waals surface area contributed by atoms with E-state index in [2.05, 4.69) is 40.2 Å². The van der Waals surface area contributed by atoms with Crippen LogP contribution >= 0.6 is 0 Å². The molecule has 1 aliphatic heterocycles. The van der Waals surface area contributed by atoms with Gasteiger partial charge in [-0.3, -0.25) is 10.00 Å². The van der Waals surface area contributed by atoms with Crippen molar-refractivity contribution >= 4 is 10.9 Å². The third-order valence-corrected chi connectivity index (χ3v) is 5.15. The number of likely N-dealkylation sites (tertiary alicyclic amines) is 1. The molecule has 2 aliphatic rings. The van der Waals surface area contributed by atoms with Gasteiger partial charge in [0.25, 0.3) is 0 Å². The van der Waals surface area contributed by atoms with Crippen LogP contribution in [0.1, 0.15) is 31.7 Å². The largest absolute Gasteiger partial charge is 0.378 e. The molecule has 2 heterocycles. The van der Waals surface area contributed by atoms with E-state index in [4.69, 9.17) is 4.74 Å². The molecule has 1 spiro atoms. The van der Waals surface area contributed by atoms with Gasteiger partial charge in [0.15, 0.2) is 0 Å². The molecule has 112 valence electrons. The number of hydrogen-bond donors (Lipinski definition) is 1. The first kappa shape index (κ1) is 13.3. The van der Waals surface area contributed by atoms with E-state index in [-0.39, 0.29) is 0 Å². The second-order valence-corrected chi connectivity index (χ2v) is 6.74. The van der Waals surface area contributed by atoms with Crippen LogP contribution in [0.4, 0.5) is 0 Å². The van der Waals surface area contributed by atoms with Crippen LogP contribution in [0.15, 0.2) is 24.4 Å². The Morgan fingerprint density at radius 2 is 2.33 bits per heavy atom. The van der Waals surface area contributed by atoms with Gasteiger partial charge in [-0.2, -0.15) is 5.10 Å². The lowest BCUT2D eigenvalue weighted by Crippen LogP contribution is -2.44. The normalized spacial score (nSPS) is 29.3. The summed E-state index contributed by atoms with van der Waals surface area (Å²) in [4.78, 5) is 2.60. The zero-order valence-electron chi connectivity index (χ0n) is 12.6. The molecule has 1 saturated heterocycles. The van der Waals surface area contributed by atoms with E-state index < -0.39 is 0 Å². The highest BCUT2D eigenvalue weighted by molar-refractivity contribution is 5.78. The molecule has 0 bridgehead atoms. The Kier molecular flexibility index (Phi) is 3.23. The average Bonchev–Trinajstić information content (AvgIpc) is 3.05. The fraction of sp³-hybridized carbons (Fsp3) is 0.588. The number of fused-ring (bicyclic) bond motifs is 1. The molecule has 1 aromatic heterocycles. The third kappa shape index (κ3) is 2.47. The highest BCUT2D eigenvalue weighted by Crippen LogP contribution is 2.49. The monoisotopic (exact) mass is 285 g/mol. The van der Waals surface area contributed by atoms with Crippen molar-refractivity contribution in [2.24, 2.45) is 5.41 Å². The number of nitrogens with zero attached hydrogens (tertiary/aromatic N) is 2. The summed E-state index contributed by atoms with van der Waals surface area (Å²) in [7, 11) is 0. The topological polar surface area (TPSA) is 41.1 Å². The number of rotatable bonds is 4. The smallest absolute Gasteiger partial charge is 0.0653 e. The molecule has 2 fully saturated rings. The number of ether oxygens (including phenoxy) is 1. The number of aromatic amines is 1. The minimum Gasteiger partial charge on any atom is -0.378 e. The molecule has 1 saturated carbocycles. The zero-order chi connectivity index (χ0) is 14.3. The summed E-state index contributed by atoms with van der Waals surface area (Å²) in [5, 5.41) is 8.34. The van der Waals surface area contributed by atoms with Crippen molar-refractivity contribution in [3.8, 4) is 0 Å². The first-order valence-corrected chi connectivity index (χ1v) is 8.02. The SMILES string of the molecule is CCOC1CC2(CCN(Cc3ccc4cn[nH]c4c3)C2)C1. The van der Waals surface area contributed by atoms with Crippen LogP contribution in [0.5, 0.6) is 0 Å². The number of H-pyrrole nitrogens is 1. The second kappa shape index (κ2) is 5.11. The molecule has 0 radical (unpaired) electrons. The molecule has 0 unspecified atom stereocenters. The Balaban J connectivity index is 1.38. The molecular weight excluding hydrogens is 262 g/mol. The lowest BCUT2D eigenvalue weighted by molar-refractivity contribution is -0.0718. The van der Waals surface area contributed by atoms with Crippen LogP contribution in [0.2, 0.25) is 0 Å². The summed E-state index contributed by atoms with van der Waals surface area (Å²) in [6.45, 7) is 6.46. The maximum Gasteiger partial charge on any atom is 0.0653 e. The van der Waals surface area contributed by atoms with E-state index in [0.717, 1.165) is 18.7 Å². The van der Waals surface area contributed by atoms with Crippen LogP contribution in [-0.4, -0.2) is 40.9 Å². The standard InChI is InChI=1S/C17H23N3O/c1-2-21-15-8-17(9-15)5-6-20(12-17)11-13-3-4-14-10-18-19-16(14)7-13/h3-4,7,10,15H,2,5-6,8-9,11-12H2,1H3,(H,18,19). The molecule has 1 aromatic carbocycles. The minimum atomic E-state index is 0.524. The van der Waals surface area contributed by atoms with Gasteiger partial charge in [0.2, 0.25) is 0 Å². The van der Waals surface area contributed by atoms with Crippen LogP contribution in [0.3, 0.4) is 0 Å². The summed E-state index contributed by atoms with van der Waals surface area (Å²) in [5.41, 5.74) is 3.07. The van der Waals surface area contributed by atoms with E-state index in [1.807, 2.05) is 6.20 Å². The third-order valence-electron chi connectivity index (χ3n) is 5.15. The van der Waals surface area contributed by atoms with E-state index >= 15 is 0 Å². The fourth-order valence-corrected chi connectivity index (χ4v) is 4.10. The van der Waals surface area contributed by atoms with Gasteiger partial charge in [0.05, 0.1) is 17.8 Å². The molecule has 1 aliphatic carbocycles. The molecular formula is C17H23N3O. The van der Waals surface area contributed by atoms with Gasteiger partial charge in [0.1, 0.15) is 0 Å². The first-order chi connectivity index (χ1) is 10.3. The Labute approximate surface area is 125 Å². The van der Waals surface area contributed by atoms with Crippen molar-refractivity contribution in [3.63, 3.8) is 0 Å². The highest BCUT2D eigenvalue weighted by Gasteiger charge is 2.48. The van der Waals surface area contributed by atoms with Crippen LogP contribution in [-0.2, 0) is 11.3 Å². The first-order valence-electron chi connectivity index (χ1n) is 8.02. The van der Waals surface area contributed by atoms with E-state index in [0.29, 0.717) is 11.5 Å². The molecule has 1 N–H and O–H groups in total. The van der Waals surface area contributed by atoms with Crippen LogP contribution in [0, 0.1) is 5.41 Å². The minimum absolute atomic E-state index is 0.524. The molecule has 4 nitrogen and oxygen atoms in total. The van der Waals surface area contributed by atoms with E-state index in [9.17, 15) is 0 Å². The Hall–Kier alpha value is -1.39. The molecule has 0 atom stereocenters. The van der Waals surface area contributed by atoms with Gasteiger partial charge >= 0.3 is 0 Å². The molecule has 4 heteroatoms. The van der Waals surface area contributed by atoms with Crippen molar-refractivity contribution in [3.05, 3.63) is 30.0 Å². The molecule has 2 aromatic rings. The summed E-state index contributed by atoms with van der Waals surface area (Å²) in [6, 6.07) is 6.62. The number of nitrogens with one attached hydrogen (secondary N) is 1. The van der Waals surface area contributed by atoms with Crippen molar-refractivity contribution in [1.29, 1.82) is 0 Å². The van der Waals surface area contributed by atoms with Gasteiger partial charge < -0.3 is 4.74 Å². The Bertz CT molecular complexity index is 630. The van der Waals surface area contributed by atoms with Crippen molar-refractivity contribution < 1.29 is 4.74 Å². The number of hydrogen-bond acceptors (Lipinski definition) is 3. The lowest BCUT2D eigenvalue weighted by Gasteiger charge is -2.44. The van der Waals surface area contributed by atoms with Gasteiger partial charge in [-0.25, -0.2) is 0 Å². The van der Waals surface area contributed by atoms with Crippen LogP contribution < -0.4 is 0 Å². The van der Waals surface area contributed by atoms with Crippen molar-refractivity contribution in [1.82, 2.24) is 15.1 Å². The Morgan fingerprint density at radius 3 is 3.19 bits per heavy atom. The molecule has 4 rings (SSSR count). The maximum absolute atomic E-state index is 5.73. The van der Waals surface area contributed by atoms with Crippen molar-refractivity contribution in [2.75, 3.05) is 19.7 Å². The average molecular weight is 285 g/mol. The van der Waals surface area contributed by atoms with Gasteiger partial charge in [0, 0.05) is 25.1 Å². The van der Waals surface area contributed by atoms with Gasteiger partial charge in [-0.1, -0.05) is 12.1 Å². The maximum atomic E-state index is 5.73.